The van der Waals surface area contributed by atoms with Crippen molar-refractivity contribution in [3.63, 3.8) is 0 Å². The van der Waals surface area contributed by atoms with Crippen LogP contribution in [-0.2, 0) is 29.6 Å². The highest BCUT2D eigenvalue weighted by atomic mass is 32.2. The minimum atomic E-state index is -3.89. The molecule has 0 saturated carbocycles. The first-order valence-corrected chi connectivity index (χ1v) is 12.9. The molecule has 0 saturated heterocycles. The van der Waals surface area contributed by atoms with E-state index in [1.54, 1.807) is 13.8 Å². The number of hydrogen-bond acceptors (Lipinski definition) is 8. The lowest BCUT2D eigenvalue weighted by atomic mass is 9.85. The molecular formula is C20H20N6O6S2. The molecule has 4 N–H and O–H groups in total. The van der Waals surface area contributed by atoms with Crippen molar-refractivity contribution in [2.45, 2.75) is 23.6 Å². The zero-order valence-electron chi connectivity index (χ0n) is 18.0. The fourth-order valence-corrected chi connectivity index (χ4v) is 4.88. The lowest BCUT2D eigenvalue weighted by Gasteiger charge is -2.19. The Morgan fingerprint density at radius 2 is 0.941 bits per heavy atom. The third-order valence-corrected chi connectivity index (χ3v) is 7.38. The number of nitrogens with two attached hydrogens (primary N) is 2. The standard InChI is InChI=1S/C20H20N6O6S2/c1-11-17(19(27)25(23-11)13-3-7-15(8-4-13)33(21,29)30)18-12(2)24-26(20(18)28)14-5-9-16(10-6-14)34(22,31)32/h3-10,17-18H,1-2H3,(H2,21,29,30)(H2,22,31,32). The summed E-state index contributed by atoms with van der Waals surface area (Å²) < 4.78 is 45.9. The molecule has 2 aromatic carbocycles. The Bertz CT molecular complexity index is 1350. The minimum absolute atomic E-state index is 0.113. The van der Waals surface area contributed by atoms with Gasteiger partial charge in [-0.1, -0.05) is 0 Å². The molecule has 0 aliphatic carbocycles. The summed E-state index contributed by atoms with van der Waals surface area (Å²) >= 11 is 0. The van der Waals surface area contributed by atoms with Crippen molar-refractivity contribution in [2.75, 3.05) is 10.0 Å². The molecule has 0 bridgehead atoms. The molecule has 2 aliphatic rings. The lowest BCUT2D eigenvalue weighted by Crippen LogP contribution is -2.40. The predicted molar refractivity (Wildman–Crippen MR) is 124 cm³/mol. The first-order valence-electron chi connectivity index (χ1n) is 9.83. The highest BCUT2D eigenvalue weighted by molar-refractivity contribution is 7.89. The highest BCUT2D eigenvalue weighted by Gasteiger charge is 2.49. The van der Waals surface area contributed by atoms with Gasteiger partial charge in [-0.25, -0.2) is 37.1 Å². The van der Waals surface area contributed by atoms with Gasteiger partial charge in [0.1, 0.15) is 0 Å². The van der Waals surface area contributed by atoms with Crippen molar-refractivity contribution in [2.24, 2.45) is 32.3 Å². The topological polar surface area (TPSA) is 186 Å². The zero-order chi connectivity index (χ0) is 25.0. The van der Waals surface area contributed by atoms with E-state index in [0.717, 1.165) is 10.0 Å². The Balaban J connectivity index is 1.59. The van der Waals surface area contributed by atoms with Gasteiger partial charge in [0.15, 0.2) is 0 Å². The molecule has 2 aromatic rings. The summed E-state index contributed by atoms with van der Waals surface area (Å²) in [6.45, 7) is 3.23. The van der Waals surface area contributed by atoms with E-state index >= 15 is 0 Å². The fourth-order valence-electron chi connectivity index (χ4n) is 3.85. The van der Waals surface area contributed by atoms with Gasteiger partial charge in [-0.15, -0.1) is 0 Å². The summed E-state index contributed by atoms with van der Waals surface area (Å²) in [6.07, 6.45) is 0. The zero-order valence-corrected chi connectivity index (χ0v) is 19.6. The maximum Gasteiger partial charge on any atom is 0.257 e. The van der Waals surface area contributed by atoms with Crippen molar-refractivity contribution < 1.29 is 26.4 Å². The molecule has 12 nitrogen and oxygen atoms in total. The van der Waals surface area contributed by atoms with E-state index in [1.807, 2.05) is 0 Å². The Labute approximate surface area is 195 Å². The van der Waals surface area contributed by atoms with Crippen LogP contribution in [-0.4, -0.2) is 40.1 Å². The Morgan fingerprint density at radius 3 is 1.21 bits per heavy atom. The number of anilines is 2. The summed E-state index contributed by atoms with van der Waals surface area (Å²) in [4.78, 5) is 26.2. The maximum absolute atomic E-state index is 13.2. The van der Waals surface area contributed by atoms with E-state index in [1.165, 1.54) is 48.5 Å². The number of carbonyl (C=O) groups is 2. The van der Waals surface area contributed by atoms with Gasteiger partial charge in [0, 0.05) is 11.4 Å². The normalized spacial score (nSPS) is 21.2. The molecule has 0 aromatic heterocycles. The molecular weight excluding hydrogens is 484 g/mol. The van der Waals surface area contributed by atoms with Crippen LogP contribution in [0.1, 0.15) is 13.8 Å². The third kappa shape index (κ3) is 4.11. The van der Waals surface area contributed by atoms with Crippen molar-refractivity contribution in [3.05, 3.63) is 48.5 Å². The minimum Gasteiger partial charge on any atom is -0.272 e. The second-order valence-electron chi connectivity index (χ2n) is 7.82. The predicted octanol–water partition coefficient (Wildman–Crippen LogP) is 0.359. The number of amides is 2. The van der Waals surface area contributed by atoms with Crippen LogP contribution in [0, 0.1) is 11.8 Å². The second-order valence-corrected chi connectivity index (χ2v) is 10.9. The Kier molecular flexibility index (Phi) is 5.64. The molecule has 4 rings (SSSR count). The fraction of sp³-hybridized carbons (Fsp3) is 0.200. The maximum atomic E-state index is 13.2. The largest absolute Gasteiger partial charge is 0.272 e. The molecule has 2 unspecified atom stereocenters. The van der Waals surface area contributed by atoms with Crippen LogP contribution in [0.25, 0.3) is 0 Å². The monoisotopic (exact) mass is 504 g/mol. The Morgan fingerprint density at radius 1 is 0.647 bits per heavy atom. The van der Waals surface area contributed by atoms with Gasteiger partial charge in [0.25, 0.3) is 11.8 Å². The first kappa shape index (κ1) is 23.7. The van der Waals surface area contributed by atoms with Gasteiger partial charge in [-0.2, -0.15) is 10.2 Å². The van der Waals surface area contributed by atoms with Gasteiger partial charge in [0.2, 0.25) is 20.0 Å². The summed E-state index contributed by atoms with van der Waals surface area (Å²) in [6, 6.07) is 10.6. The number of benzene rings is 2. The Hall–Kier alpha value is -3.46. The molecule has 2 atom stereocenters. The van der Waals surface area contributed by atoms with Gasteiger partial charge < -0.3 is 0 Å². The number of nitrogens with zero attached hydrogens (tertiary/aromatic N) is 4. The van der Waals surface area contributed by atoms with Crippen molar-refractivity contribution >= 4 is 54.7 Å². The van der Waals surface area contributed by atoms with E-state index in [4.69, 9.17) is 10.3 Å². The van der Waals surface area contributed by atoms with Crippen LogP contribution in [0.4, 0.5) is 11.4 Å². The molecule has 0 spiro atoms. The number of hydrazone groups is 2. The van der Waals surface area contributed by atoms with Gasteiger partial charge in [0.05, 0.1) is 33.0 Å². The molecule has 0 radical (unpaired) electrons. The average molecular weight is 505 g/mol. The number of sulfonamides is 2. The third-order valence-electron chi connectivity index (χ3n) is 5.52. The summed E-state index contributed by atoms with van der Waals surface area (Å²) in [5, 5.41) is 21.0. The van der Waals surface area contributed by atoms with E-state index in [2.05, 4.69) is 10.2 Å². The molecule has 2 aliphatic heterocycles. The van der Waals surface area contributed by atoms with Crippen LogP contribution < -0.4 is 20.3 Å². The van der Waals surface area contributed by atoms with Crippen molar-refractivity contribution in [1.29, 1.82) is 0 Å². The molecule has 178 valence electrons. The smallest absolute Gasteiger partial charge is 0.257 e. The second kappa shape index (κ2) is 8.09. The van der Waals surface area contributed by atoms with Gasteiger partial charge in [-0.3, -0.25) is 9.59 Å². The summed E-state index contributed by atoms with van der Waals surface area (Å²) in [7, 11) is -7.79. The number of primary sulfonamides is 2. The lowest BCUT2D eigenvalue weighted by molar-refractivity contribution is -0.126. The molecule has 0 fully saturated rings. The van der Waals surface area contributed by atoms with Gasteiger partial charge in [-0.05, 0) is 62.4 Å². The quantitative estimate of drug-likeness (QED) is 0.591. The van der Waals surface area contributed by atoms with Crippen LogP contribution >= 0.6 is 0 Å². The van der Waals surface area contributed by atoms with Gasteiger partial charge >= 0.3 is 0 Å². The van der Waals surface area contributed by atoms with Crippen LogP contribution in [0.5, 0.6) is 0 Å². The molecule has 14 heteroatoms. The highest BCUT2D eigenvalue weighted by Crippen LogP contribution is 2.35. The van der Waals surface area contributed by atoms with Crippen LogP contribution in [0.3, 0.4) is 0 Å². The number of hydrogen-bond donors (Lipinski definition) is 2. The molecule has 2 heterocycles. The average Bonchev–Trinajstić information content (AvgIpc) is 3.21. The molecule has 2 amide bonds. The van der Waals surface area contributed by atoms with E-state index < -0.39 is 43.7 Å². The number of rotatable bonds is 5. The SMILES string of the molecule is CC1=NN(c2ccc(S(N)(=O)=O)cc2)C(=O)C1C1C(=O)N(c2ccc(S(N)(=O)=O)cc2)N=C1C. The number of carbonyl (C=O) groups excluding carboxylic acids is 2. The van der Waals surface area contributed by atoms with E-state index in [-0.39, 0.29) is 9.79 Å². The first-order chi connectivity index (χ1) is 15.8. The van der Waals surface area contributed by atoms with E-state index in [0.29, 0.717) is 22.8 Å². The van der Waals surface area contributed by atoms with E-state index in [9.17, 15) is 26.4 Å². The summed E-state index contributed by atoms with van der Waals surface area (Å²) in [5.41, 5.74) is 1.41. The van der Waals surface area contributed by atoms with Crippen LogP contribution in [0.2, 0.25) is 0 Å². The van der Waals surface area contributed by atoms with Crippen LogP contribution in [0.15, 0.2) is 68.5 Å². The van der Waals surface area contributed by atoms with Crippen molar-refractivity contribution in [1.82, 2.24) is 0 Å². The van der Waals surface area contributed by atoms with Crippen molar-refractivity contribution in [3.8, 4) is 0 Å². The molecule has 34 heavy (non-hydrogen) atoms. The summed E-state index contributed by atoms with van der Waals surface area (Å²) in [5.74, 6) is -2.77.